The molecular weight excluding hydrogens is 349 g/mol. The van der Waals surface area contributed by atoms with Gasteiger partial charge in [-0.15, -0.1) is 8.61 Å². The summed E-state index contributed by atoms with van der Waals surface area (Å²) in [6.07, 6.45) is 0. The van der Waals surface area contributed by atoms with Gasteiger partial charge in [0.1, 0.15) is 0 Å². The molecule has 0 unspecified atom stereocenters. The Morgan fingerprint density at radius 3 is 1.50 bits per heavy atom. The summed E-state index contributed by atoms with van der Waals surface area (Å²) >= 11 is 0. The van der Waals surface area contributed by atoms with Gasteiger partial charge < -0.3 is 0 Å². The van der Waals surface area contributed by atoms with E-state index in [1.165, 1.54) is 0 Å². The molecule has 0 amide bonds. The summed E-state index contributed by atoms with van der Waals surface area (Å²) in [4.78, 5) is 0. The molecular formula is C5H7F7N2O4S2. The van der Waals surface area contributed by atoms with Crippen LogP contribution in [0.1, 0.15) is 0 Å². The van der Waals surface area contributed by atoms with Crippen molar-refractivity contribution in [2.45, 2.75) is 11.1 Å². The molecule has 0 spiro atoms. The first-order chi connectivity index (χ1) is 8.91. The Morgan fingerprint density at radius 1 is 0.850 bits per heavy atom. The minimum absolute atomic E-state index is 1.26. The van der Waals surface area contributed by atoms with Crippen LogP contribution in [0.3, 0.4) is 0 Å². The Hall–Kier alpha value is -0.670. The van der Waals surface area contributed by atoms with Crippen molar-refractivity contribution < 1.29 is 47.6 Å². The lowest BCUT2D eigenvalue weighted by molar-refractivity contribution is 0.00254. The fourth-order valence-electron chi connectivity index (χ4n) is 0.802. The largest absolute Gasteiger partial charge is 0.473 e. The molecule has 122 valence electrons. The topological polar surface area (TPSA) is 74.8 Å². The third kappa shape index (κ3) is 2.99. The summed E-state index contributed by atoms with van der Waals surface area (Å²) in [6.45, 7) is -11.8. The average Bonchev–Trinajstić information content (AvgIpc) is 2.29. The molecule has 0 saturated heterocycles. The van der Waals surface area contributed by atoms with Crippen LogP contribution in [0.4, 0.5) is 30.7 Å². The molecule has 0 saturated carbocycles. The van der Waals surface area contributed by atoms with Crippen molar-refractivity contribution in [2.24, 2.45) is 0 Å². The van der Waals surface area contributed by atoms with Crippen LogP contribution < -0.4 is 0 Å². The molecule has 0 atom stereocenters. The molecule has 6 nitrogen and oxygen atoms in total. The highest BCUT2D eigenvalue weighted by Gasteiger charge is 2.64. The number of nitrogens with zero attached hydrogens (tertiary/aromatic N) is 2. The van der Waals surface area contributed by atoms with Gasteiger partial charge in [0.2, 0.25) is 0 Å². The zero-order chi connectivity index (χ0) is 16.4. The molecule has 0 N–H and O–H groups in total. The lowest BCUT2D eigenvalue weighted by Crippen LogP contribution is -2.53. The molecule has 0 aromatic heterocycles. The van der Waals surface area contributed by atoms with Crippen molar-refractivity contribution in [2.75, 3.05) is 20.4 Å². The summed E-state index contributed by atoms with van der Waals surface area (Å²) in [6, 6.07) is 0. The predicted octanol–water partition coefficient (Wildman–Crippen LogP) is 0.804. The number of halogens is 7. The van der Waals surface area contributed by atoms with E-state index in [4.69, 9.17) is 0 Å². The van der Waals surface area contributed by atoms with Crippen LogP contribution in [0.15, 0.2) is 0 Å². The van der Waals surface area contributed by atoms with E-state index >= 15 is 0 Å². The first kappa shape index (κ1) is 19.3. The zero-order valence-electron chi connectivity index (χ0n) is 9.19. The van der Waals surface area contributed by atoms with E-state index < -0.39 is 60.2 Å². The maximum atomic E-state index is 13.3. The van der Waals surface area contributed by atoms with Gasteiger partial charge in [-0.3, -0.25) is 0 Å². The fraction of sp³-hybridized carbons (Fsp3) is 1.00. The lowest BCUT2D eigenvalue weighted by Gasteiger charge is -2.26. The Kier molecular flexibility index (Phi) is 6.18. The van der Waals surface area contributed by atoms with Crippen LogP contribution in [0, 0.1) is 0 Å². The number of alkyl halides is 7. The Labute approximate surface area is 108 Å². The van der Waals surface area contributed by atoms with E-state index in [1.807, 2.05) is 0 Å². The van der Waals surface area contributed by atoms with Gasteiger partial charge in [-0.2, -0.15) is 17.6 Å². The van der Waals surface area contributed by atoms with Crippen molar-refractivity contribution in [1.29, 1.82) is 0 Å². The Morgan fingerprint density at radius 2 is 1.25 bits per heavy atom. The molecule has 0 aromatic carbocycles. The average molecular weight is 356 g/mol. The van der Waals surface area contributed by atoms with Crippen LogP contribution in [0.5, 0.6) is 0 Å². The van der Waals surface area contributed by atoms with Gasteiger partial charge in [0.15, 0.2) is 20.4 Å². The minimum Gasteiger partial charge on any atom is -0.233 e. The van der Waals surface area contributed by atoms with Crippen LogP contribution in [0.2, 0.25) is 0 Å². The SMILES string of the molecule is O=S(=O)(N(CF)CF)C(F)(F)S(=O)(=O)N(CF)C(F)F. The monoisotopic (exact) mass is 356 g/mol. The predicted molar refractivity (Wildman–Crippen MR) is 50.4 cm³/mol. The summed E-state index contributed by atoms with van der Waals surface area (Å²) in [5.41, 5.74) is 0. The van der Waals surface area contributed by atoms with Gasteiger partial charge in [-0.1, -0.05) is 0 Å². The normalized spacial score (nSPS) is 14.5. The summed E-state index contributed by atoms with van der Waals surface area (Å²) in [7, 11) is -13.3. The number of hydrogen-bond donors (Lipinski definition) is 0. The van der Waals surface area contributed by atoms with Gasteiger partial charge in [-0.05, 0) is 0 Å². The van der Waals surface area contributed by atoms with Gasteiger partial charge in [0.05, 0.1) is 0 Å². The number of hydrogen-bond acceptors (Lipinski definition) is 4. The van der Waals surface area contributed by atoms with Gasteiger partial charge in [-0.25, -0.2) is 30.0 Å². The molecule has 15 heteroatoms. The third-order valence-corrected chi connectivity index (χ3v) is 6.07. The fourth-order valence-corrected chi connectivity index (χ4v) is 3.64. The van der Waals surface area contributed by atoms with Gasteiger partial charge >= 0.3 is 31.2 Å². The molecule has 0 bridgehead atoms. The van der Waals surface area contributed by atoms with E-state index in [9.17, 15) is 47.6 Å². The highest BCUT2D eigenvalue weighted by Crippen LogP contribution is 2.35. The van der Waals surface area contributed by atoms with E-state index in [-0.39, 0.29) is 0 Å². The second-order valence-electron chi connectivity index (χ2n) is 2.95. The van der Waals surface area contributed by atoms with Crippen molar-refractivity contribution >= 4 is 20.0 Å². The zero-order valence-corrected chi connectivity index (χ0v) is 10.8. The highest BCUT2D eigenvalue weighted by atomic mass is 32.3. The maximum Gasteiger partial charge on any atom is 0.473 e. The van der Waals surface area contributed by atoms with E-state index in [0.717, 1.165) is 0 Å². The van der Waals surface area contributed by atoms with Crippen LogP contribution in [-0.4, -0.2) is 57.0 Å². The van der Waals surface area contributed by atoms with Gasteiger partial charge in [0.25, 0.3) is 0 Å². The quantitative estimate of drug-likeness (QED) is 0.476. The molecule has 0 aliphatic rings. The standard InChI is InChI=1S/C5H7F7N2O4S2/c6-1-13(2-7)19(15,16)5(11,12)20(17,18)14(3-8)4(9)10/h4H,1-3H2. The van der Waals surface area contributed by atoms with Crippen molar-refractivity contribution in [3.8, 4) is 0 Å². The minimum atomic E-state index is -6.76. The second kappa shape index (κ2) is 6.40. The first-order valence-electron chi connectivity index (χ1n) is 4.26. The van der Waals surface area contributed by atoms with Crippen molar-refractivity contribution in [1.82, 2.24) is 8.61 Å². The van der Waals surface area contributed by atoms with E-state index in [2.05, 4.69) is 0 Å². The molecule has 0 rings (SSSR count). The molecule has 0 aliphatic carbocycles. The third-order valence-electron chi connectivity index (χ3n) is 1.85. The number of sulfonamides is 2. The van der Waals surface area contributed by atoms with E-state index in [0.29, 0.717) is 0 Å². The van der Waals surface area contributed by atoms with Gasteiger partial charge in [0, 0.05) is 0 Å². The van der Waals surface area contributed by atoms with E-state index in [1.54, 1.807) is 0 Å². The molecule has 0 radical (unpaired) electrons. The number of rotatable bonds is 8. The lowest BCUT2D eigenvalue weighted by atomic mass is 11.1. The van der Waals surface area contributed by atoms with Crippen molar-refractivity contribution in [3.63, 3.8) is 0 Å². The molecule has 0 aromatic rings. The smallest absolute Gasteiger partial charge is 0.233 e. The van der Waals surface area contributed by atoms with Crippen LogP contribution in [0.25, 0.3) is 0 Å². The highest BCUT2D eigenvalue weighted by molar-refractivity contribution is 8.07. The van der Waals surface area contributed by atoms with Crippen LogP contribution in [-0.2, 0) is 20.0 Å². The maximum absolute atomic E-state index is 13.3. The van der Waals surface area contributed by atoms with Crippen LogP contribution >= 0.6 is 0 Å². The molecule has 0 fully saturated rings. The molecule has 0 aliphatic heterocycles. The molecule has 0 heterocycles. The Balaban J connectivity index is 5.98. The molecule has 20 heavy (non-hydrogen) atoms. The second-order valence-corrected chi connectivity index (χ2v) is 7.12. The Bertz CT molecular complexity index is 517. The first-order valence-corrected chi connectivity index (χ1v) is 7.14. The summed E-state index contributed by atoms with van der Waals surface area (Å²) in [5, 5.41) is 0. The summed E-state index contributed by atoms with van der Waals surface area (Å²) < 4.78 is 122. The van der Waals surface area contributed by atoms with Crippen molar-refractivity contribution in [3.05, 3.63) is 0 Å². The summed E-state index contributed by atoms with van der Waals surface area (Å²) in [5.74, 6) is 0.